The maximum atomic E-state index is 13.4. The zero-order chi connectivity index (χ0) is 22.7. The summed E-state index contributed by atoms with van der Waals surface area (Å²) in [4.78, 5) is 24.7. The van der Waals surface area contributed by atoms with Gasteiger partial charge in [0.2, 0.25) is 0 Å². The number of carbonyl (C=O) groups excluding carboxylic acids is 1. The number of hydrogen-bond acceptors (Lipinski definition) is 5. The molecule has 1 aliphatic rings. The molecule has 6 heteroatoms. The molecule has 1 fully saturated rings. The Kier molecular flexibility index (Phi) is 6.58. The summed E-state index contributed by atoms with van der Waals surface area (Å²) in [6.45, 7) is 4.70. The van der Waals surface area contributed by atoms with E-state index in [9.17, 15) is 4.79 Å². The molecule has 2 heterocycles. The van der Waals surface area contributed by atoms with Crippen LogP contribution in [0.15, 0.2) is 36.4 Å². The van der Waals surface area contributed by atoms with E-state index in [4.69, 9.17) is 9.47 Å². The zero-order valence-corrected chi connectivity index (χ0v) is 19.4. The Morgan fingerprint density at radius 2 is 1.72 bits per heavy atom. The van der Waals surface area contributed by atoms with Gasteiger partial charge in [-0.15, -0.1) is 0 Å². The molecule has 0 spiro atoms. The third kappa shape index (κ3) is 4.54. The highest BCUT2D eigenvalue weighted by Crippen LogP contribution is 2.29. The molecule has 0 N–H and O–H groups in total. The van der Waals surface area contributed by atoms with E-state index in [2.05, 4.69) is 20.9 Å². The van der Waals surface area contributed by atoms with Crippen LogP contribution in [-0.2, 0) is 6.42 Å². The van der Waals surface area contributed by atoms with Crippen molar-refractivity contribution < 1.29 is 14.3 Å². The zero-order valence-electron chi connectivity index (χ0n) is 19.4. The first-order valence-electron chi connectivity index (χ1n) is 11.3. The fourth-order valence-corrected chi connectivity index (χ4v) is 4.47. The average Bonchev–Trinajstić information content (AvgIpc) is 2.82. The number of ether oxygens (including phenoxy) is 2. The van der Waals surface area contributed by atoms with Crippen LogP contribution in [-0.4, -0.2) is 47.6 Å². The van der Waals surface area contributed by atoms with E-state index >= 15 is 0 Å². The van der Waals surface area contributed by atoms with Gasteiger partial charge in [0.05, 0.1) is 36.6 Å². The molecule has 0 bridgehead atoms. The van der Waals surface area contributed by atoms with Gasteiger partial charge in [-0.1, -0.05) is 6.07 Å². The average molecular weight is 434 g/mol. The van der Waals surface area contributed by atoms with Crippen molar-refractivity contribution in [2.45, 2.75) is 52.0 Å². The van der Waals surface area contributed by atoms with Gasteiger partial charge in [0.1, 0.15) is 0 Å². The molecule has 1 saturated heterocycles. The molecule has 1 unspecified atom stereocenters. The highest BCUT2D eigenvalue weighted by molar-refractivity contribution is 5.97. The Labute approximate surface area is 189 Å². The van der Waals surface area contributed by atoms with E-state index in [1.54, 1.807) is 14.2 Å². The molecule has 1 aromatic heterocycles. The van der Waals surface area contributed by atoms with Crippen molar-refractivity contribution in [3.05, 3.63) is 58.9 Å². The maximum Gasteiger partial charge on any atom is 0.254 e. The molecule has 0 radical (unpaired) electrons. The Bertz CT molecular complexity index is 1130. The van der Waals surface area contributed by atoms with E-state index in [-0.39, 0.29) is 11.9 Å². The molecule has 1 aliphatic heterocycles. The van der Waals surface area contributed by atoms with Crippen molar-refractivity contribution in [2.24, 2.45) is 0 Å². The topological polar surface area (TPSA) is 64.5 Å². The third-order valence-corrected chi connectivity index (χ3v) is 6.42. The molecule has 1 atom stereocenters. The summed E-state index contributed by atoms with van der Waals surface area (Å²) in [6.07, 6.45) is 5.04. The number of likely N-dealkylation sites (tertiary alicyclic amines) is 1. The Morgan fingerprint density at radius 1 is 0.969 bits per heavy atom. The summed E-state index contributed by atoms with van der Waals surface area (Å²) in [7, 11) is 3.30. The SMILES string of the molecule is COc1ccc(CCC2CCCCN2C(=O)c2ccc3nc(C)c(C)nc3c2)cc1OC. The van der Waals surface area contributed by atoms with E-state index in [1.165, 1.54) is 5.56 Å². The second-order valence-electron chi connectivity index (χ2n) is 8.47. The lowest BCUT2D eigenvalue weighted by molar-refractivity contribution is 0.0602. The summed E-state index contributed by atoms with van der Waals surface area (Å²) in [6, 6.07) is 11.9. The first-order chi connectivity index (χ1) is 15.5. The number of carbonyl (C=O) groups is 1. The van der Waals surface area contributed by atoms with Crippen LogP contribution in [0.25, 0.3) is 11.0 Å². The van der Waals surface area contributed by atoms with E-state index in [0.717, 1.165) is 72.6 Å². The summed E-state index contributed by atoms with van der Waals surface area (Å²) in [5.74, 6) is 1.56. The number of amides is 1. The summed E-state index contributed by atoms with van der Waals surface area (Å²) in [5.41, 5.74) is 5.29. The number of fused-ring (bicyclic) bond motifs is 1. The number of aryl methyl sites for hydroxylation is 3. The summed E-state index contributed by atoms with van der Waals surface area (Å²) >= 11 is 0. The second-order valence-corrected chi connectivity index (χ2v) is 8.47. The third-order valence-electron chi connectivity index (χ3n) is 6.42. The van der Waals surface area contributed by atoms with Gasteiger partial charge in [0.25, 0.3) is 5.91 Å². The Hall–Kier alpha value is -3.15. The molecule has 6 nitrogen and oxygen atoms in total. The molecule has 1 amide bonds. The van der Waals surface area contributed by atoms with Crippen LogP contribution in [0.5, 0.6) is 11.5 Å². The lowest BCUT2D eigenvalue weighted by atomic mass is 9.95. The van der Waals surface area contributed by atoms with Crippen molar-refractivity contribution in [1.82, 2.24) is 14.9 Å². The Balaban J connectivity index is 1.51. The van der Waals surface area contributed by atoms with E-state index in [1.807, 2.05) is 44.2 Å². The first kappa shape index (κ1) is 22.1. The second kappa shape index (κ2) is 9.55. The highest BCUT2D eigenvalue weighted by Gasteiger charge is 2.27. The summed E-state index contributed by atoms with van der Waals surface area (Å²) < 4.78 is 10.8. The van der Waals surface area contributed by atoms with E-state index < -0.39 is 0 Å². The van der Waals surface area contributed by atoms with Crippen molar-refractivity contribution in [3.63, 3.8) is 0 Å². The van der Waals surface area contributed by atoms with Gasteiger partial charge < -0.3 is 14.4 Å². The summed E-state index contributed by atoms with van der Waals surface area (Å²) in [5, 5.41) is 0. The monoisotopic (exact) mass is 433 g/mol. The predicted octanol–water partition coefficient (Wildman–Crippen LogP) is 4.89. The maximum absolute atomic E-state index is 13.4. The number of benzene rings is 2. The minimum atomic E-state index is 0.0870. The fraction of sp³-hybridized carbons (Fsp3) is 0.423. The van der Waals surface area contributed by atoms with Crippen molar-refractivity contribution >= 4 is 16.9 Å². The van der Waals surface area contributed by atoms with Crippen LogP contribution >= 0.6 is 0 Å². The van der Waals surface area contributed by atoms with Crippen LogP contribution in [0.3, 0.4) is 0 Å². The smallest absolute Gasteiger partial charge is 0.254 e. The van der Waals surface area contributed by atoms with Gasteiger partial charge >= 0.3 is 0 Å². The normalized spacial score (nSPS) is 16.2. The van der Waals surface area contributed by atoms with Gasteiger partial charge in [0, 0.05) is 18.2 Å². The van der Waals surface area contributed by atoms with Crippen molar-refractivity contribution in [3.8, 4) is 11.5 Å². The molecular formula is C26H31N3O3. The lowest BCUT2D eigenvalue weighted by Crippen LogP contribution is -2.44. The quantitative estimate of drug-likeness (QED) is 0.554. The molecule has 168 valence electrons. The molecule has 32 heavy (non-hydrogen) atoms. The van der Waals surface area contributed by atoms with Crippen LogP contribution < -0.4 is 9.47 Å². The molecular weight excluding hydrogens is 402 g/mol. The van der Waals surface area contributed by atoms with Gasteiger partial charge in [-0.05, 0) is 81.8 Å². The molecule has 3 aromatic rings. The predicted molar refractivity (Wildman–Crippen MR) is 126 cm³/mol. The number of piperidine rings is 1. The first-order valence-corrected chi connectivity index (χ1v) is 11.3. The number of methoxy groups -OCH3 is 2. The standard InChI is InChI=1S/C26H31N3O3/c1-17-18(2)28-23-16-20(10-12-22(23)27-17)26(30)29-14-6-5-7-21(29)11-8-19-9-13-24(31-3)25(15-19)32-4/h9-10,12-13,15-16,21H,5-8,11,14H2,1-4H3. The molecule has 0 saturated carbocycles. The van der Waals surface area contributed by atoms with Crippen LogP contribution in [0, 0.1) is 13.8 Å². The van der Waals surface area contributed by atoms with Crippen LogP contribution in [0.2, 0.25) is 0 Å². The number of aromatic nitrogens is 2. The largest absolute Gasteiger partial charge is 0.493 e. The molecule has 0 aliphatic carbocycles. The highest BCUT2D eigenvalue weighted by atomic mass is 16.5. The van der Waals surface area contributed by atoms with Gasteiger partial charge in [-0.2, -0.15) is 0 Å². The number of hydrogen-bond donors (Lipinski definition) is 0. The minimum Gasteiger partial charge on any atom is -0.493 e. The van der Waals surface area contributed by atoms with E-state index in [0.29, 0.717) is 5.56 Å². The fourth-order valence-electron chi connectivity index (χ4n) is 4.47. The lowest BCUT2D eigenvalue weighted by Gasteiger charge is -2.36. The van der Waals surface area contributed by atoms with Gasteiger partial charge in [0.15, 0.2) is 11.5 Å². The van der Waals surface area contributed by atoms with Gasteiger partial charge in [-0.3, -0.25) is 4.79 Å². The number of rotatable bonds is 6. The van der Waals surface area contributed by atoms with Crippen LogP contribution in [0.1, 0.15) is 53.0 Å². The minimum absolute atomic E-state index is 0.0870. The number of nitrogens with zero attached hydrogens (tertiary/aromatic N) is 3. The van der Waals surface area contributed by atoms with Crippen molar-refractivity contribution in [1.29, 1.82) is 0 Å². The Morgan fingerprint density at radius 3 is 2.47 bits per heavy atom. The van der Waals surface area contributed by atoms with Crippen molar-refractivity contribution in [2.75, 3.05) is 20.8 Å². The molecule has 4 rings (SSSR count). The van der Waals surface area contributed by atoms with Crippen LogP contribution in [0.4, 0.5) is 0 Å². The van der Waals surface area contributed by atoms with Gasteiger partial charge in [-0.25, -0.2) is 9.97 Å². The molecule has 2 aromatic carbocycles.